The van der Waals surface area contributed by atoms with E-state index in [4.69, 9.17) is 4.74 Å². The predicted molar refractivity (Wildman–Crippen MR) is 88.1 cm³/mol. The first kappa shape index (κ1) is 16.8. The van der Waals surface area contributed by atoms with Gasteiger partial charge in [-0.05, 0) is 44.9 Å². The number of hydrogen-bond donors (Lipinski definition) is 2. The molecule has 7 heteroatoms. The summed E-state index contributed by atoms with van der Waals surface area (Å²) in [6.45, 7) is 1.16. The van der Waals surface area contributed by atoms with Crippen LogP contribution in [0.3, 0.4) is 0 Å². The van der Waals surface area contributed by atoms with Crippen molar-refractivity contribution in [1.29, 1.82) is 0 Å². The molecule has 0 radical (unpaired) electrons. The second-order valence-corrected chi connectivity index (χ2v) is 9.15. The van der Waals surface area contributed by atoms with Gasteiger partial charge in [-0.3, -0.25) is 0 Å². The molecule has 2 fully saturated rings. The highest BCUT2D eigenvalue weighted by atomic mass is 32.2. The summed E-state index contributed by atoms with van der Waals surface area (Å²) < 4.78 is 29.2. The van der Waals surface area contributed by atoms with Crippen LogP contribution in [0.5, 0.6) is 0 Å². The van der Waals surface area contributed by atoms with E-state index in [9.17, 15) is 13.2 Å². The van der Waals surface area contributed by atoms with Crippen LogP contribution in [0.4, 0.5) is 4.79 Å². The van der Waals surface area contributed by atoms with Gasteiger partial charge in [0, 0.05) is 19.2 Å². The molecule has 2 saturated heterocycles. The van der Waals surface area contributed by atoms with Crippen LogP contribution in [0.2, 0.25) is 0 Å². The molecule has 0 aromatic heterocycles. The zero-order chi connectivity index (χ0) is 16.3. The number of sulfone groups is 1. The molecule has 2 aliphatic heterocycles. The third-order valence-electron chi connectivity index (χ3n) is 5.05. The average molecular weight is 342 g/mol. The molecule has 3 rings (SSSR count). The van der Waals surface area contributed by atoms with Gasteiger partial charge in [0.25, 0.3) is 0 Å². The maximum absolute atomic E-state index is 12.0. The SMILES string of the molecule is O=C(NCCC1=CCCC1)N[C@H]1CCO[C@]2(CCS(=O)(=O)C2)C1. The van der Waals surface area contributed by atoms with Crippen molar-refractivity contribution in [2.24, 2.45) is 0 Å². The van der Waals surface area contributed by atoms with Gasteiger partial charge in [-0.1, -0.05) is 11.6 Å². The highest BCUT2D eigenvalue weighted by Crippen LogP contribution is 2.35. The third kappa shape index (κ3) is 4.47. The minimum Gasteiger partial charge on any atom is -0.374 e. The lowest BCUT2D eigenvalue weighted by Gasteiger charge is -2.37. The lowest BCUT2D eigenvalue weighted by atomic mass is 9.90. The summed E-state index contributed by atoms with van der Waals surface area (Å²) in [5, 5.41) is 5.88. The van der Waals surface area contributed by atoms with E-state index in [0.29, 0.717) is 26.0 Å². The predicted octanol–water partition coefficient (Wildman–Crippen LogP) is 1.52. The highest BCUT2D eigenvalue weighted by molar-refractivity contribution is 7.91. The molecule has 0 aromatic rings. The van der Waals surface area contributed by atoms with Crippen LogP contribution >= 0.6 is 0 Å². The molecule has 2 amide bonds. The van der Waals surface area contributed by atoms with E-state index in [1.54, 1.807) is 0 Å². The largest absolute Gasteiger partial charge is 0.374 e. The van der Waals surface area contributed by atoms with Crippen LogP contribution in [0, 0.1) is 0 Å². The fourth-order valence-corrected chi connectivity index (χ4v) is 5.82. The molecule has 0 unspecified atom stereocenters. The Kier molecular flexibility index (Phi) is 4.96. The maximum atomic E-state index is 12.0. The first-order valence-corrected chi connectivity index (χ1v) is 10.4. The number of carbonyl (C=O) groups is 1. The highest BCUT2D eigenvalue weighted by Gasteiger charge is 2.46. The molecule has 130 valence electrons. The standard InChI is InChI=1S/C16H26N2O4S/c19-15(17-8-5-13-3-1-2-4-13)18-14-6-9-22-16(11-14)7-10-23(20,21)12-16/h3,14H,1-2,4-12H2,(H2,17,18,19)/t14-,16+/m0/s1. The number of carbonyl (C=O) groups excluding carboxylic acids is 1. The summed E-state index contributed by atoms with van der Waals surface area (Å²) in [6.07, 6.45) is 8.60. The van der Waals surface area contributed by atoms with Crippen LogP contribution in [0.15, 0.2) is 11.6 Å². The zero-order valence-electron chi connectivity index (χ0n) is 13.5. The molecule has 3 aliphatic rings. The number of hydrogen-bond acceptors (Lipinski definition) is 4. The molecule has 2 heterocycles. The molecular weight excluding hydrogens is 316 g/mol. The van der Waals surface area contributed by atoms with E-state index < -0.39 is 15.4 Å². The molecular formula is C16H26N2O4S. The van der Waals surface area contributed by atoms with Crippen molar-refractivity contribution in [2.45, 2.75) is 56.6 Å². The van der Waals surface area contributed by atoms with Crippen molar-refractivity contribution in [3.63, 3.8) is 0 Å². The van der Waals surface area contributed by atoms with Crippen molar-refractivity contribution in [1.82, 2.24) is 10.6 Å². The average Bonchev–Trinajstić information content (AvgIpc) is 3.07. The molecule has 2 atom stereocenters. The van der Waals surface area contributed by atoms with Crippen LogP contribution in [-0.2, 0) is 14.6 Å². The van der Waals surface area contributed by atoms with E-state index in [2.05, 4.69) is 16.7 Å². The van der Waals surface area contributed by atoms with Crippen LogP contribution in [-0.4, -0.2) is 50.7 Å². The number of amides is 2. The van der Waals surface area contributed by atoms with E-state index in [1.807, 2.05) is 0 Å². The number of ether oxygens (including phenoxy) is 1. The summed E-state index contributed by atoms with van der Waals surface area (Å²) in [5.41, 5.74) is 0.857. The van der Waals surface area contributed by atoms with Crippen LogP contribution in [0.25, 0.3) is 0 Å². The Bertz CT molecular complexity index is 587. The van der Waals surface area contributed by atoms with Crippen molar-refractivity contribution >= 4 is 15.9 Å². The molecule has 6 nitrogen and oxygen atoms in total. The molecule has 2 N–H and O–H groups in total. The minimum absolute atomic E-state index is 0.0113. The second kappa shape index (κ2) is 6.81. The van der Waals surface area contributed by atoms with Crippen molar-refractivity contribution in [3.05, 3.63) is 11.6 Å². The summed E-state index contributed by atoms with van der Waals surface area (Å²) in [7, 11) is -2.99. The lowest BCUT2D eigenvalue weighted by Crippen LogP contribution is -2.51. The molecule has 1 spiro atoms. The third-order valence-corrected chi connectivity index (χ3v) is 6.84. The number of urea groups is 1. The van der Waals surface area contributed by atoms with Crippen molar-refractivity contribution in [3.8, 4) is 0 Å². The van der Waals surface area contributed by atoms with Gasteiger partial charge in [0.1, 0.15) is 0 Å². The Hall–Kier alpha value is -1.08. The summed E-state index contributed by atoms with van der Waals surface area (Å²) in [6, 6.07) is -0.172. The Labute approximate surface area is 138 Å². The zero-order valence-corrected chi connectivity index (χ0v) is 14.3. The van der Waals surface area contributed by atoms with Gasteiger partial charge in [-0.15, -0.1) is 0 Å². The molecule has 0 aromatic carbocycles. The summed E-state index contributed by atoms with van der Waals surface area (Å²) in [4.78, 5) is 12.0. The smallest absolute Gasteiger partial charge is 0.315 e. The van der Waals surface area contributed by atoms with Gasteiger partial charge in [0.15, 0.2) is 9.84 Å². The summed E-state index contributed by atoms with van der Waals surface area (Å²) in [5.74, 6) is 0.287. The quantitative estimate of drug-likeness (QED) is 0.759. The number of rotatable bonds is 4. The van der Waals surface area contributed by atoms with Crippen molar-refractivity contribution in [2.75, 3.05) is 24.7 Å². The molecule has 23 heavy (non-hydrogen) atoms. The van der Waals surface area contributed by atoms with Gasteiger partial charge in [0.05, 0.1) is 17.1 Å². The minimum atomic E-state index is -2.99. The van der Waals surface area contributed by atoms with Gasteiger partial charge in [0.2, 0.25) is 0 Å². The van der Waals surface area contributed by atoms with Crippen molar-refractivity contribution < 1.29 is 17.9 Å². The summed E-state index contributed by atoms with van der Waals surface area (Å²) >= 11 is 0. The fourth-order valence-electron chi connectivity index (χ4n) is 3.85. The Morgan fingerprint density at radius 3 is 3.00 bits per heavy atom. The first-order valence-electron chi connectivity index (χ1n) is 8.53. The van der Waals surface area contributed by atoms with E-state index in [0.717, 1.165) is 25.7 Å². The second-order valence-electron chi connectivity index (χ2n) is 6.97. The molecule has 0 saturated carbocycles. The van der Waals surface area contributed by atoms with E-state index in [1.165, 1.54) is 12.0 Å². The van der Waals surface area contributed by atoms with Gasteiger partial charge < -0.3 is 15.4 Å². The maximum Gasteiger partial charge on any atom is 0.315 e. The number of nitrogens with one attached hydrogen (secondary N) is 2. The van der Waals surface area contributed by atoms with Gasteiger partial charge in [-0.2, -0.15) is 0 Å². The topological polar surface area (TPSA) is 84.5 Å². The number of allylic oxidation sites excluding steroid dienone is 1. The van der Waals surface area contributed by atoms with Gasteiger partial charge >= 0.3 is 6.03 Å². The van der Waals surface area contributed by atoms with E-state index >= 15 is 0 Å². The molecule has 0 bridgehead atoms. The Balaban J connectivity index is 1.43. The lowest BCUT2D eigenvalue weighted by molar-refractivity contribution is -0.0687. The normalized spacial score (nSPS) is 32.7. The monoisotopic (exact) mass is 342 g/mol. The van der Waals surface area contributed by atoms with E-state index in [-0.39, 0.29) is 23.6 Å². The van der Waals surface area contributed by atoms with Crippen LogP contribution in [0.1, 0.15) is 44.9 Å². The van der Waals surface area contributed by atoms with Gasteiger partial charge in [-0.25, -0.2) is 13.2 Å². The first-order chi connectivity index (χ1) is 11.0. The Morgan fingerprint density at radius 1 is 1.43 bits per heavy atom. The van der Waals surface area contributed by atoms with Crippen LogP contribution < -0.4 is 10.6 Å². The molecule has 1 aliphatic carbocycles. The fraction of sp³-hybridized carbons (Fsp3) is 0.812. The Morgan fingerprint density at radius 2 is 2.30 bits per heavy atom.